The van der Waals surface area contributed by atoms with Gasteiger partial charge >= 0.3 is 0 Å². The van der Waals surface area contributed by atoms with E-state index in [0.29, 0.717) is 12.2 Å². The first-order chi connectivity index (χ1) is 11.5. The summed E-state index contributed by atoms with van der Waals surface area (Å²) >= 11 is 0. The first-order valence-electron chi connectivity index (χ1n) is 8.12. The molecule has 1 unspecified atom stereocenters. The van der Waals surface area contributed by atoms with Crippen molar-refractivity contribution in [3.63, 3.8) is 0 Å². The number of nitrogens with zero attached hydrogens (tertiary/aromatic N) is 1. The van der Waals surface area contributed by atoms with Gasteiger partial charge < -0.3 is 14.4 Å². The SMILES string of the molecule is CCOc1ccc(C(=O)N(C)C(C)c2ccc(OC)cc2)cc1C. The number of hydrogen-bond donors (Lipinski definition) is 0. The van der Waals surface area contributed by atoms with Crippen LogP contribution in [-0.4, -0.2) is 31.6 Å². The number of ether oxygens (including phenoxy) is 2. The van der Waals surface area contributed by atoms with Gasteiger partial charge in [-0.1, -0.05) is 12.1 Å². The van der Waals surface area contributed by atoms with E-state index in [-0.39, 0.29) is 11.9 Å². The highest BCUT2D eigenvalue weighted by Gasteiger charge is 2.19. The van der Waals surface area contributed by atoms with Crippen LogP contribution in [0.25, 0.3) is 0 Å². The number of rotatable bonds is 6. The first kappa shape index (κ1) is 17.9. The van der Waals surface area contributed by atoms with Gasteiger partial charge in [-0.2, -0.15) is 0 Å². The van der Waals surface area contributed by atoms with Crippen LogP contribution >= 0.6 is 0 Å². The molecule has 1 atom stereocenters. The van der Waals surface area contributed by atoms with Crippen LogP contribution in [-0.2, 0) is 0 Å². The normalized spacial score (nSPS) is 11.7. The fourth-order valence-electron chi connectivity index (χ4n) is 2.59. The molecule has 0 bridgehead atoms. The molecular weight excluding hydrogens is 302 g/mol. The average molecular weight is 327 g/mol. The molecule has 0 saturated heterocycles. The summed E-state index contributed by atoms with van der Waals surface area (Å²) in [5.74, 6) is 1.62. The van der Waals surface area contributed by atoms with E-state index in [1.165, 1.54) is 0 Å². The third-order valence-electron chi connectivity index (χ3n) is 4.22. The van der Waals surface area contributed by atoms with Crippen LogP contribution in [0.15, 0.2) is 42.5 Å². The number of carbonyl (C=O) groups is 1. The second-order valence-electron chi connectivity index (χ2n) is 5.78. The van der Waals surface area contributed by atoms with Crippen molar-refractivity contribution in [1.29, 1.82) is 0 Å². The number of aryl methyl sites for hydroxylation is 1. The Morgan fingerprint density at radius 3 is 2.38 bits per heavy atom. The highest BCUT2D eigenvalue weighted by Crippen LogP contribution is 2.25. The quantitative estimate of drug-likeness (QED) is 0.797. The molecular formula is C20H25NO3. The molecule has 0 aliphatic heterocycles. The molecule has 0 N–H and O–H groups in total. The van der Waals surface area contributed by atoms with Crippen LogP contribution in [0.2, 0.25) is 0 Å². The third kappa shape index (κ3) is 3.88. The van der Waals surface area contributed by atoms with Crippen molar-refractivity contribution >= 4 is 5.91 Å². The highest BCUT2D eigenvalue weighted by molar-refractivity contribution is 5.94. The van der Waals surface area contributed by atoms with Crippen LogP contribution in [0, 0.1) is 6.92 Å². The summed E-state index contributed by atoms with van der Waals surface area (Å²) in [6, 6.07) is 13.3. The van der Waals surface area contributed by atoms with Crippen molar-refractivity contribution in [3.05, 3.63) is 59.2 Å². The smallest absolute Gasteiger partial charge is 0.254 e. The number of methoxy groups -OCH3 is 1. The van der Waals surface area contributed by atoms with Crippen molar-refractivity contribution in [1.82, 2.24) is 4.90 Å². The molecule has 0 fully saturated rings. The lowest BCUT2D eigenvalue weighted by atomic mass is 10.0. The van der Waals surface area contributed by atoms with E-state index in [0.717, 1.165) is 22.6 Å². The van der Waals surface area contributed by atoms with E-state index < -0.39 is 0 Å². The summed E-state index contributed by atoms with van der Waals surface area (Å²) in [5, 5.41) is 0. The van der Waals surface area contributed by atoms with E-state index in [1.54, 1.807) is 12.0 Å². The Bertz CT molecular complexity index is 695. The molecule has 4 heteroatoms. The third-order valence-corrected chi connectivity index (χ3v) is 4.22. The minimum atomic E-state index is -0.0321. The minimum absolute atomic E-state index is 0.00975. The number of amides is 1. The Kier molecular flexibility index (Phi) is 5.85. The fourth-order valence-corrected chi connectivity index (χ4v) is 2.59. The van der Waals surface area contributed by atoms with Crippen LogP contribution < -0.4 is 9.47 Å². The minimum Gasteiger partial charge on any atom is -0.497 e. The van der Waals surface area contributed by atoms with Gasteiger partial charge in [0, 0.05) is 12.6 Å². The standard InChI is InChI=1S/C20H25NO3/c1-6-24-19-12-9-17(13-14(19)2)20(22)21(4)15(3)16-7-10-18(23-5)11-8-16/h7-13,15H,6H2,1-5H3. The Morgan fingerprint density at radius 2 is 1.83 bits per heavy atom. The van der Waals surface area contributed by atoms with E-state index in [2.05, 4.69) is 0 Å². The maximum Gasteiger partial charge on any atom is 0.254 e. The Morgan fingerprint density at radius 1 is 1.17 bits per heavy atom. The number of benzene rings is 2. The Balaban J connectivity index is 2.16. The monoisotopic (exact) mass is 327 g/mol. The lowest BCUT2D eigenvalue weighted by Gasteiger charge is -2.26. The molecule has 24 heavy (non-hydrogen) atoms. The molecule has 2 aromatic rings. The number of hydrogen-bond acceptors (Lipinski definition) is 3. The zero-order chi connectivity index (χ0) is 17.7. The van der Waals surface area contributed by atoms with Crippen molar-refractivity contribution < 1.29 is 14.3 Å². The lowest BCUT2D eigenvalue weighted by molar-refractivity contribution is 0.0742. The average Bonchev–Trinajstić information content (AvgIpc) is 2.61. The zero-order valence-corrected chi connectivity index (χ0v) is 15.0. The highest BCUT2D eigenvalue weighted by atomic mass is 16.5. The van der Waals surface area contributed by atoms with Gasteiger partial charge in [0.15, 0.2) is 0 Å². The second-order valence-corrected chi connectivity index (χ2v) is 5.78. The fraction of sp³-hybridized carbons (Fsp3) is 0.350. The molecule has 0 aliphatic rings. The second kappa shape index (κ2) is 7.86. The zero-order valence-electron chi connectivity index (χ0n) is 15.0. The molecule has 1 amide bonds. The molecule has 0 aromatic heterocycles. The molecule has 0 aliphatic carbocycles. The number of carbonyl (C=O) groups excluding carboxylic acids is 1. The van der Waals surface area contributed by atoms with Crippen LogP contribution in [0.4, 0.5) is 0 Å². The van der Waals surface area contributed by atoms with Gasteiger partial charge in [0.2, 0.25) is 0 Å². The Labute approximate surface area is 144 Å². The van der Waals surface area contributed by atoms with Crippen molar-refractivity contribution in [2.75, 3.05) is 20.8 Å². The first-order valence-corrected chi connectivity index (χ1v) is 8.12. The maximum atomic E-state index is 12.8. The molecule has 0 spiro atoms. The van der Waals surface area contributed by atoms with E-state index in [1.807, 2.05) is 70.3 Å². The van der Waals surface area contributed by atoms with Gasteiger partial charge in [-0.05, 0) is 62.2 Å². The van der Waals surface area contributed by atoms with E-state index in [4.69, 9.17) is 9.47 Å². The van der Waals surface area contributed by atoms with Crippen LogP contribution in [0.3, 0.4) is 0 Å². The van der Waals surface area contributed by atoms with Crippen LogP contribution in [0.1, 0.15) is 41.4 Å². The molecule has 2 aromatic carbocycles. The van der Waals surface area contributed by atoms with E-state index >= 15 is 0 Å². The largest absolute Gasteiger partial charge is 0.497 e. The van der Waals surface area contributed by atoms with E-state index in [9.17, 15) is 4.79 Å². The van der Waals surface area contributed by atoms with Gasteiger partial charge in [0.05, 0.1) is 19.8 Å². The Hall–Kier alpha value is -2.49. The van der Waals surface area contributed by atoms with Crippen molar-refractivity contribution in [2.24, 2.45) is 0 Å². The molecule has 128 valence electrons. The lowest BCUT2D eigenvalue weighted by Crippen LogP contribution is -2.29. The summed E-state index contributed by atoms with van der Waals surface area (Å²) in [7, 11) is 3.46. The van der Waals surface area contributed by atoms with Gasteiger partial charge in [-0.25, -0.2) is 0 Å². The summed E-state index contributed by atoms with van der Waals surface area (Å²) in [6.45, 7) is 6.53. The van der Waals surface area contributed by atoms with Crippen LogP contribution in [0.5, 0.6) is 11.5 Å². The van der Waals surface area contributed by atoms with Gasteiger partial charge in [0.25, 0.3) is 5.91 Å². The predicted molar refractivity (Wildman–Crippen MR) is 95.9 cm³/mol. The van der Waals surface area contributed by atoms with Crippen molar-refractivity contribution in [3.8, 4) is 11.5 Å². The van der Waals surface area contributed by atoms with Gasteiger partial charge in [-0.15, -0.1) is 0 Å². The molecule has 2 rings (SSSR count). The van der Waals surface area contributed by atoms with Gasteiger partial charge in [0.1, 0.15) is 11.5 Å². The molecule has 0 radical (unpaired) electrons. The topological polar surface area (TPSA) is 38.8 Å². The molecule has 4 nitrogen and oxygen atoms in total. The van der Waals surface area contributed by atoms with Gasteiger partial charge in [-0.3, -0.25) is 4.79 Å². The maximum absolute atomic E-state index is 12.8. The molecule has 0 saturated carbocycles. The summed E-state index contributed by atoms with van der Waals surface area (Å²) in [5.41, 5.74) is 2.70. The predicted octanol–water partition coefficient (Wildman–Crippen LogP) is 4.24. The summed E-state index contributed by atoms with van der Waals surface area (Å²) in [6.07, 6.45) is 0. The summed E-state index contributed by atoms with van der Waals surface area (Å²) < 4.78 is 10.7. The van der Waals surface area contributed by atoms with Crippen molar-refractivity contribution in [2.45, 2.75) is 26.8 Å². The summed E-state index contributed by atoms with van der Waals surface area (Å²) in [4.78, 5) is 14.5. The molecule has 0 heterocycles.